The minimum atomic E-state index is -0.415. The molecule has 8 heteroatoms. The van der Waals surface area contributed by atoms with Crippen LogP contribution in [0.4, 0.5) is 10.5 Å². The zero-order valence-electron chi connectivity index (χ0n) is 17.0. The number of thiocarbonyl (C=S) groups is 1. The van der Waals surface area contributed by atoms with E-state index in [1.54, 1.807) is 17.0 Å². The maximum absolute atomic E-state index is 12.8. The second-order valence-electron chi connectivity index (χ2n) is 7.04. The number of amides is 2. The number of hydrogen-bond donors (Lipinski definition) is 3. The van der Waals surface area contributed by atoms with Crippen LogP contribution in [-0.2, 0) is 9.53 Å². The largest absolute Gasteiger partial charge is 0.462 e. The average molecular weight is 405 g/mol. The molecule has 1 heterocycles. The van der Waals surface area contributed by atoms with Gasteiger partial charge in [-0.05, 0) is 49.7 Å². The summed E-state index contributed by atoms with van der Waals surface area (Å²) in [5, 5.41) is 9.18. The van der Waals surface area contributed by atoms with Crippen molar-refractivity contribution in [2.45, 2.75) is 33.7 Å². The van der Waals surface area contributed by atoms with Crippen molar-refractivity contribution in [3.8, 4) is 0 Å². The third kappa shape index (κ3) is 5.22. The van der Waals surface area contributed by atoms with Crippen LogP contribution in [0.15, 0.2) is 35.5 Å². The van der Waals surface area contributed by atoms with E-state index in [0.717, 1.165) is 11.3 Å². The first-order valence-corrected chi connectivity index (χ1v) is 9.72. The fourth-order valence-corrected chi connectivity index (χ4v) is 3.02. The van der Waals surface area contributed by atoms with Crippen LogP contribution >= 0.6 is 12.2 Å². The first kappa shape index (κ1) is 21.7. The van der Waals surface area contributed by atoms with E-state index in [9.17, 15) is 9.59 Å². The number of urea groups is 1. The summed E-state index contributed by atoms with van der Waals surface area (Å²) < 4.78 is 5.48. The molecule has 0 radical (unpaired) electrons. The van der Waals surface area contributed by atoms with Gasteiger partial charge in [-0.3, -0.25) is 0 Å². The number of carbonyl (C=O) groups is 2. The summed E-state index contributed by atoms with van der Waals surface area (Å²) in [5.41, 5.74) is 2.80. The lowest BCUT2D eigenvalue weighted by molar-refractivity contribution is -0.140. The van der Waals surface area contributed by atoms with E-state index in [-0.39, 0.29) is 17.9 Å². The Labute approximate surface area is 171 Å². The number of nitrogens with zero attached hydrogens (tertiary/aromatic N) is 1. The molecule has 1 aromatic carbocycles. The predicted molar refractivity (Wildman–Crippen MR) is 114 cm³/mol. The standard InChI is InChI=1S/C20H28N4O3S/c1-6-21-19(26)22-15-9-7-14(8-10-15)17-16(18(25)27-11-12(2)3)13(4)24(5)20(28)23-17/h7-10,12,17H,6,11H2,1-5H3,(H,23,28)(H2,21,22,26). The first-order chi connectivity index (χ1) is 13.2. The van der Waals surface area contributed by atoms with Crippen molar-refractivity contribution < 1.29 is 14.3 Å². The number of rotatable bonds is 6. The van der Waals surface area contributed by atoms with E-state index in [2.05, 4.69) is 16.0 Å². The molecule has 0 saturated carbocycles. The third-order valence-corrected chi connectivity index (χ3v) is 4.75. The summed E-state index contributed by atoms with van der Waals surface area (Å²) in [6, 6.07) is 6.62. The second-order valence-corrected chi connectivity index (χ2v) is 7.43. The van der Waals surface area contributed by atoms with Crippen molar-refractivity contribution in [3.05, 3.63) is 41.1 Å². The van der Waals surface area contributed by atoms with Crippen LogP contribution in [0, 0.1) is 5.92 Å². The Morgan fingerprint density at radius 1 is 1.29 bits per heavy atom. The number of nitrogens with one attached hydrogen (secondary N) is 3. The molecule has 0 aliphatic carbocycles. The number of esters is 1. The highest BCUT2D eigenvalue weighted by atomic mass is 32.1. The molecule has 152 valence electrons. The summed E-state index contributed by atoms with van der Waals surface area (Å²) in [5.74, 6) is -0.110. The normalized spacial score (nSPS) is 16.7. The van der Waals surface area contributed by atoms with Crippen molar-refractivity contribution in [2.75, 3.05) is 25.5 Å². The molecule has 1 aromatic rings. The van der Waals surface area contributed by atoms with Crippen molar-refractivity contribution in [2.24, 2.45) is 5.92 Å². The Kier molecular flexibility index (Phi) is 7.39. The molecule has 3 N–H and O–H groups in total. The van der Waals surface area contributed by atoms with Gasteiger partial charge in [-0.15, -0.1) is 0 Å². The summed E-state index contributed by atoms with van der Waals surface area (Å²) in [4.78, 5) is 26.2. The highest BCUT2D eigenvalue weighted by Crippen LogP contribution is 2.31. The quantitative estimate of drug-likeness (QED) is 0.499. The van der Waals surface area contributed by atoms with Crippen molar-refractivity contribution in [1.82, 2.24) is 15.5 Å². The van der Waals surface area contributed by atoms with E-state index in [1.165, 1.54) is 0 Å². The van der Waals surface area contributed by atoms with Gasteiger partial charge in [-0.25, -0.2) is 9.59 Å². The highest BCUT2D eigenvalue weighted by Gasteiger charge is 2.33. The number of hydrogen-bond acceptors (Lipinski definition) is 4. The van der Waals surface area contributed by atoms with Gasteiger partial charge in [0.05, 0.1) is 18.2 Å². The maximum Gasteiger partial charge on any atom is 0.338 e. The maximum atomic E-state index is 12.8. The Balaban J connectivity index is 2.28. The molecular formula is C20H28N4O3S. The van der Waals surface area contributed by atoms with Gasteiger partial charge >= 0.3 is 12.0 Å². The second kappa shape index (κ2) is 9.54. The van der Waals surface area contributed by atoms with Crippen LogP contribution in [-0.4, -0.2) is 42.2 Å². The SMILES string of the molecule is CCNC(=O)Nc1ccc(C2NC(=S)N(C)C(C)=C2C(=O)OCC(C)C)cc1. The number of allylic oxidation sites excluding steroid dienone is 1. The number of carbonyl (C=O) groups excluding carboxylic acids is 2. The molecule has 0 bridgehead atoms. The predicted octanol–water partition coefficient (Wildman–Crippen LogP) is 3.16. The van der Waals surface area contributed by atoms with E-state index in [0.29, 0.717) is 29.5 Å². The molecule has 7 nitrogen and oxygen atoms in total. The van der Waals surface area contributed by atoms with Gasteiger partial charge in [-0.1, -0.05) is 26.0 Å². The van der Waals surface area contributed by atoms with Crippen LogP contribution in [0.3, 0.4) is 0 Å². The van der Waals surface area contributed by atoms with Gasteiger partial charge in [0.1, 0.15) is 0 Å². The van der Waals surface area contributed by atoms with Crippen molar-refractivity contribution >= 4 is 35.0 Å². The Hall–Kier alpha value is -2.61. The van der Waals surface area contributed by atoms with Gasteiger partial charge in [0.25, 0.3) is 0 Å². The number of ether oxygens (including phenoxy) is 1. The smallest absolute Gasteiger partial charge is 0.338 e. The van der Waals surface area contributed by atoms with Crippen LogP contribution in [0.5, 0.6) is 0 Å². The number of anilines is 1. The van der Waals surface area contributed by atoms with Gasteiger partial charge in [0.2, 0.25) is 0 Å². The monoisotopic (exact) mass is 404 g/mol. The van der Waals surface area contributed by atoms with Crippen molar-refractivity contribution in [3.63, 3.8) is 0 Å². The third-order valence-electron chi connectivity index (χ3n) is 4.36. The summed E-state index contributed by atoms with van der Waals surface area (Å²) in [6.07, 6.45) is 0. The summed E-state index contributed by atoms with van der Waals surface area (Å²) >= 11 is 5.40. The molecule has 1 aliphatic rings. The van der Waals surface area contributed by atoms with Crippen LogP contribution in [0.1, 0.15) is 39.3 Å². The first-order valence-electron chi connectivity index (χ1n) is 9.31. The molecule has 2 amide bonds. The lowest BCUT2D eigenvalue weighted by Crippen LogP contribution is -2.46. The van der Waals surface area contributed by atoms with Gasteiger partial charge in [0, 0.05) is 25.0 Å². The van der Waals surface area contributed by atoms with Crippen LogP contribution in [0.2, 0.25) is 0 Å². The molecule has 1 aliphatic heterocycles. The van der Waals surface area contributed by atoms with Gasteiger partial charge < -0.3 is 25.6 Å². The molecule has 0 fully saturated rings. The average Bonchev–Trinajstić information content (AvgIpc) is 2.64. The van der Waals surface area contributed by atoms with E-state index in [4.69, 9.17) is 17.0 Å². The minimum absolute atomic E-state index is 0.248. The van der Waals surface area contributed by atoms with E-state index < -0.39 is 6.04 Å². The molecule has 0 saturated heterocycles. The highest BCUT2D eigenvalue weighted by molar-refractivity contribution is 7.80. The van der Waals surface area contributed by atoms with E-state index >= 15 is 0 Å². The molecule has 1 unspecified atom stereocenters. The molecule has 0 aromatic heterocycles. The van der Waals surface area contributed by atoms with E-state index in [1.807, 2.05) is 46.9 Å². The fourth-order valence-electron chi connectivity index (χ4n) is 2.76. The summed E-state index contributed by atoms with van der Waals surface area (Å²) in [6.45, 7) is 8.60. The lowest BCUT2D eigenvalue weighted by Gasteiger charge is -2.35. The van der Waals surface area contributed by atoms with Gasteiger partial charge in [-0.2, -0.15) is 0 Å². The molecule has 28 heavy (non-hydrogen) atoms. The van der Waals surface area contributed by atoms with Crippen LogP contribution in [0.25, 0.3) is 0 Å². The minimum Gasteiger partial charge on any atom is -0.462 e. The van der Waals surface area contributed by atoms with Crippen molar-refractivity contribution in [1.29, 1.82) is 0 Å². The Bertz CT molecular complexity index is 774. The fraction of sp³-hybridized carbons (Fsp3) is 0.450. The molecule has 1 atom stereocenters. The molecule has 0 spiro atoms. The topological polar surface area (TPSA) is 82.7 Å². The molecular weight excluding hydrogens is 376 g/mol. The van der Waals surface area contributed by atoms with Gasteiger partial charge in [0.15, 0.2) is 5.11 Å². The summed E-state index contributed by atoms with van der Waals surface area (Å²) in [7, 11) is 1.82. The van der Waals surface area contributed by atoms with Crippen LogP contribution < -0.4 is 16.0 Å². The number of benzene rings is 1. The molecule has 2 rings (SSSR count). The zero-order chi connectivity index (χ0) is 20.8. The Morgan fingerprint density at radius 3 is 2.50 bits per heavy atom. The lowest BCUT2D eigenvalue weighted by atomic mass is 9.95. The Morgan fingerprint density at radius 2 is 1.93 bits per heavy atom. The zero-order valence-corrected chi connectivity index (χ0v) is 17.8.